The van der Waals surface area contributed by atoms with Crippen LogP contribution in [0, 0.1) is 0 Å². The van der Waals surface area contributed by atoms with E-state index in [2.05, 4.69) is 0 Å². The highest BCUT2D eigenvalue weighted by atomic mass is 35.6. The summed E-state index contributed by atoms with van der Waals surface area (Å²) in [5.74, 6) is 0. The number of halogens is 3. The zero-order valence-corrected chi connectivity index (χ0v) is 5.37. The summed E-state index contributed by atoms with van der Waals surface area (Å²) < 4.78 is -1.97. The summed E-state index contributed by atoms with van der Waals surface area (Å²) in [4.78, 5) is 0. The second-order valence-corrected chi connectivity index (χ2v) is 3.28. The molecule has 0 aromatic heterocycles. The van der Waals surface area contributed by atoms with Crippen molar-refractivity contribution in [3.05, 3.63) is 0 Å². The van der Waals surface area contributed by atoms with Crippen molar-refractivity contribution < 1.29 is 10.2 Å². The Hall–Kier alpha value is 1.32. The van der Waals surface area contributed by atoms with Crippen molar-refractivity contribution in [1.29, 1.82) is 0 Å². The molecule has 0 heterocycles. The van der Waals surface area contributed by atoms with Crippen molar-refractivity contribution in [2.75, 3.05) is 0 Å². The highest BCUT2D eigenvalue weighted by molar-refractivity contribution is 6.67. The van der Waals surface area contributed by atoms with Gasteiger partial charge in [-0.05, 0) is 0 Å². The Morgan fingerprint density at radius 3 is 1.25 bits per heavy atom. The van der Waals surface area contributed by atoms with Crippen LogP contribution in [-0.4, -0.2) is 37.7 Å². The van der Waals surface area contributed by atoms with Gasteiger partial charge in [0.1, 0.15) is 0 Å². The first kappa shape index (κ1) is 12.0. The monoisotopic (exact) mass is 194 g/mol. The van der Waals surface area contributed by atoms with Crippen LogP contribution in [0.25, 0.3) is 0 Å². The maximum atomic E-state index is 8.05. The lowest BCUT2D eigenvalue weighted by molar-refractivity contribution is -0.0355. The van der Waals surface area contributed by atoms with Gasteiger partial charge in [0, 0.05) is 0 Å². The summed E-state index contributed by atoms with van der Waals surface area (Å²) in [6.45, 7) is 0. The van der Waals surface area contributed by atoms with E-state index < -0.39 is 10.1 Å². The molecule has 0 fully saturated rings. The summed E-state index contributed by atoms with van der Waals surface area (Å²) in [5, 5.41) is 16.1. The second-order valence-electron chi connectivity index (χ2n) is 0.915. The maximum absolute atomic E-state index is 8.05. The fourth-order valence-electron chi connectivity index (χ4n) is 0. The molecular formula is C2H6AlCl3O2. The lowest BCUT2D eigenvalue weighted by atomic mass is 10.8. The van der Waals surface area contributed by atoms with Crippen LogP contribution in [0.15, 0.2) is 0 Å². The van der Waals surface area contributed by atoms with Gasteiger partial charge in [0.25, 0.3) is 0 Å². The van der Waals surface area contributed by atoms with Crippen LogP contribution < -0.4 is 0 Å². The third-order valence-corrected chi connectivity index (χ3v) is 0.878. The molecule has 0 saturated carbocycles. The third-order valence-electron chi connectivity index (χ3n) is 0.293. The molecule has 0 rings (SSSR count). The Labute approximate surface area is 72.5 Å². The van der Waals surface area contributed by atoms with Gasteiger partial charge in [-0.15, -0.1) is 0 Å². The van der Waals surface area contributed by atoms with Gasteiger partial charge < -0.3 is 10.2 Å². The van der Waals surface area contributed by atoms with Crippen molar-refractivity contribution in [3.8, 4) is 0 Å². The number of hydrogen-bond donors (Lipinski definition) is 2. The van der Waals surface area contributed by atoms with Crippen molar-refractivity contribution in [1.82, 2.24) is 0 Å². The lowest BCUT2D eigenvalue weighted by Crippen LogP contribution is -2.23. The van der Waals surface area contributed by atoms with E-state index in [1.165, 1.54) is 0 Å². The van der Waals surface area contributed by atoms with Gasteiger partial charge in [0.15, 0.2) is 23.7 Å². The first-order valence-corrected chi connectivity index (χ1v) is 2.51. The van der Waals surface area contributed by atoms with E-state index in [0.29, 0.717) is 0 Å². The van der Waals surface area contributed by atoms with Gasteiger partial charge in [0.05, 0.1) is 0 Å². The minimum absolute atomic E-state index is 0. The molecular weight excluding hydrogens is 189 g/mol. The number of aliphatic hydroxyl groups excluding tert-OH is 1. The van der Waals surface area contributed by atoms with E-state index in [0.717, 1.165) is 0 Å². The Morgan fingerprint density at radius 2 is 1.25 bits per heavy atom. The van der Waals surface area contributed by atoms with Gasteiger partial charge in [0.2, 0.25) is 3.79 Å². The molecule has 6 heteroatoms. The van der Waals surface area contributed by atoms with Crippen molar-refractivity contribution >= 4 is 52.2 Å². The summed E-state index contributed by atoms with van der Waals surface area (Å²) in [7, 11) is 0. The molecule has 0 radical (unpaired) electrons. The van der Waals surface area contributed by atoms with Crippen molar-refractivity contribution in [2.45, 2.75) is 10.1 Å². The fourth-order valence-corrected chi connectivity index (χ4v) is 0. The van der Waals surface area contributed by atoms with Crippen LogP contribution in [0.1, 0.15) is 0 Å². The lowest BCUT2D eigenvalue weighted by Gasteiger charge is -2.10. The molecule has 2 nitrogen and oxygen atoms in total. The molecule has 0 aromatic carbocycles. The third kappa shape index (κ3) is 5.46. The molecule has 0 aliphatic carbocycles. The summed E-state index contributed by atoms with van der Waals surface area (Å²) in [5.41, 5.74) is 0. The van der Waals surface area contributed by atoms with Gasteiger partial charge in [-0.2, -0.15) is 0 Å². The average molecular weight is 195 g/mol. The molecule has 50 valence electrons. The van der Waals surface area contributed by atoms with Gasteiger partial charge in [-0.25, -0.2) is 0 Å². The van der Waals surface area contributed by atoms with E-state index in [1.807, 2.05) is 0 Å². The van der Waals surface area contributed by atoms with Crippen molar-refractivity contribution in [3.63, 3.8) is 0 Å². The Balaban J connectivity index is 0. The predicted octanol–water partition coefficient (Wildman–Crippen LogP) is -0.517. The molecule has 0 aliphatic rings. The molecule has 0 bridgehead atoms. The molecule has 0 amide bonds. The molecule has 0 atom stereocenters. The highest BCUT2D eigenvalue weighted by Gasteiger charge is 2.28. The fraction of sp³-hybridized carbons (Fsp3) is 1.00. The molecule has 0 aromatic rings. The number of aliphatic hydroxyl groups is 2. The minimum Gasteiger partial charge on any atom is -0.365 e. The van der Waals surface area contributed by atoms with Crippen LogP contribution in [0.2, 0.25) is 0 Å². The predicted molar refractivity (Wildman–Crippen MR) is 38.5 cm³/mol. The maximum Gasteiger partial charge on any atom is 0.240 e. The summed E-state index contributed by atoms with van der Waals surface area (Å²) in [6.07, 6.45) is -1.91. The molecule has 2 N–H and O–H groups in total. The first-order chi connectivity index (χ1) is 2.94. The molecule has 0 saturated heterocycles. The molecule has 0 spiro atoms. The first-order valence-electron chi connectivity index (χ1n) is 1.37. The van der Waals surface area contributed by atoms with Gasteiger partial charge in [-0.3, -0.25) is 0 Å². The molecule has 0 unspecified atom stereocenters. The smallest absolute Gasteiger partial charge is 0.240 e. The zero-order valence-electron chi connectivity index (χ0n) is 3.11. The standard InChI is InChI=1S/C2H3Cl3O2.Al.3H/c3-2(4,5)1(6)7;;;;/h1,6-7H;;;;. The van der Waals surface area contributed by atoms with E-state index in [9.17, 15) is 0 Å². The van der Waals surface area contributed by atoms with Crippen LogP contribution in [-0.2, 0) is 0 Å². The van der Waals surface area contributed by atoms with Crippen molar-refractivity contribution in [2.24, 2.45) is 0 Å². The number of rotatable bonds is 0. The molecule has 8 heavy (non-hydrogen) atoms. The van der Waals surface area contributed by atoms with Crippen LogP contribution in [0.4, 0.5) is 0 Å². The van der Waals surface area contributed by atoms with Crippen LogP contribution >= 0.6 is 34.8 Å². The summed E-state index contributed by atoms with van der Waals surface area (Å²) >= 11 is 14.7. The van der Waals surface area contributed by atoms with E-state index in [4.69, 9.17) is 45.0 Å². The Morgan fingerprint density at radius 1 is 1.12 bits per heavy atom. The average Bonchev–Trinajstić information content (AvgIpc) is 1.31. The van der Waals surface area contributed by atoms with Crippen LogP contribution in [0.3, 0.4) is 0 Å². The largest absolute Gasteiger partial charge is 0.365 e. The Bertz CT molecular complexity index is 60.8. The normalized spacial score (nSPS) is 11.2. The zero-order chi connectivity index (χ0) is 6.08. The van der Waals surface area contributed by atoms with Gasteiger partial charge in [-0.1, -0.05) is 34.8 Å². The summed E-state index contributed by atoms with van der Waals surface area (Å²) in [6, 6.07) is 0. The van der Waals surface area contributed by atoms with E-state index in [-0.39, 0.29) is 17.4 Å². The minimum atomic E-state index is -1.97. The SMILES string of the molecule is OC(O)C(Cl)(Cl)Cl.[AlH3]. The van der Waals surface area contributed by atoms with Crippen LogP contribution in [0.5, 0.6) is 0 Å². The topological polar surface area (TPSA) is 40.5 Å². The number of alkyl halides is 3. The van der Waals surface area contributed by atoms with E-state index in [1.54, 1.807) is 0 Å². The second kappa shape index (κ2) is 4.19. The molecule has 0 aliphatic heterocycles. The Kier molecular flexibility index (Phi) is 6.30. The highest BCUT2D eigenvalue weighted by Crippen LogP contribution is 2.28. The van der Waals surface area contributed by atoms with E-state index >= 15 is 0 Å². The van der Waals surface area contributed by atoms with Gasteiger partial charge >= 0.3 is 0 Å². The number of hydrogen-bond acceptors (Lipinski definition) is 2. The quantitative estimate of drug-likeness (QED) is 0.310.